The van der Waals surface area contributed by atoms with E-state index in [9.17, 15) is 27.6 Å². The summed E-state index contributed by atoms with van der Waals surface area (Å²) in [7, 11) is 1.77. The molecule has 1 rings (SSSR count). The molecule has 0 unspecified atom stereocenters. The van der Waals surface area contributed by atoms with Gasteiger partial charge in [-0.1, -0.05) is 11.6 Å². The number of hydrogen-bond acceptors (Lipinski definition) is 5. The molecule has 1 aromatic carbocycles. The summed E-state index contributed by atoms with van der Waals surface area (Å²) in [4.78, 5) is 35.2. The number of carbonyl (C=O) groups excluding carboxylic acids is 3. The molecule has 22 heavy (non-hydrogen) atoms. The van der Waals surface area contributed by atoms with Crippen LogP contribution in [0.1, 0.15) is 15.9 Å². The van der Waals surface area contributed by atoms with Crippen LogP contribution in [0.4, 0.5) is 13.2 Å². The fourth-order valence-electron chi connectivity index (χ4n) is 1.67. The zero-order valence-electron chi connectivity index (χ0n) is 11.4. The standard InChI is InChI=1S/C13H10ClF3O5/c1-21-11(19)9(12(20)22-2)10(18)7-4-3-6(14)5-8(7)13(15,16)17/h3-5,9H,1-2H3. The van der Waals surface area contributed by atoms with Crippen molar-refractivity contribution in [3.05, 3.63) is 34.3 Å². The first kappa shape index (κ1) is 18.0. The van der Waals surface area contributed by atoms with Crippen LogP contribution in [0.15, 0.2) is 18.2 Å². The van der Waals surface area contributed by atoms with E-state index in [0.29, 0.717) is 6.07 Å². The van der Waals surface area contributed by atoms with E-state index in [1.165, 1.54) is 0 Å². The summed E-state index contributed by atoms with van der Waals surface area (Å²) >= 11 is 5.49. The summed E-state index contributed by atoms with van der Waals surface area (Å²) in [6.45, 7) is 0. The molecule has 0 aliphatic rings. The Bertz CT molecular complexity index is 596. The van der Waals surface area contributed by atoms with E-state index < -0.39 is 40.9 Å². The molecule has 0 amide bonds. The second kappa shape index (κ2) is 6.78. The lowest BCUT2D eigenvalue weighted by molar-refractivity contribution is -0.156. The SMILES string of the molecule is COC(=O)C(C(=O)OC)C(=O)c1ccc(Cl)cc1C(F)(F)F. The van der Waals surface area contributed by atoms with E-state index >= 15 is 0 Å². The van der Waals surface area contributed by atoms with Crippen molar-refractivity contribution in [2.75, 3.05) is 14.2 Å². The highest BCUT2D eigenvalue weighted by Gasteiger charge is 2.42. The monoisotopic (exact) mass is 338 g/mol. The van der Waals surface area contributed by atoms with Gasteiger partial charge in [0, 0.05) is 10.6 Å². The molecule has 0 radical (unpaired) electrons. The van der Waals surface area contributed by atoms with Crippen LogP contribution in [-0.4, -0.2) is 31.9 Å². The Hall–Kier alpha value is -2.09. The molecule has 0 saturated carbocycles. The van der Waals surface area contributed by atoms with E-state index in [1.54, 1.807) is 0 Å². The molecule has 0 N–H and O–H groups in total. The van der Waals surface area contributed by atoms with E-state index in [2.05, 4.69) is 9.47 Å². The summed E-state index contributed by atoms with van der Waals surface area (Å²) in [6.07, 6.45) is -4.90. The number of ether oxygens (including phenoxy) is 2. The minimum absolute atomic E-state index is 0.253. The van der Waals surface area contributed by atoms with Crippen LogP contribution >= 0.6 is 11.6 Å². The van der Waals surface area contributed by atoms with Crippen molar-refractivity contribution in [2.45, 2.75) is 6.18 Å². The number of esters is 2. The molecule has 0 aliphatic heterocycles. The number of hydrogen-bond donors (Lipinski definition) is 0. The van der Waals surface area contributed by atoms with Crippen LogP contribution in [0.25, 0.3) is 0 Å². The topological polar surface area (TPSA) is 69.7 Å². The Labute approximate surface area is 127 Å². The van der Waals surface area contributed by atoms with Gasteiger partial charge in [-0.25, -0.2) is 0 Å². The number of carbonyl (C=O) groups is 3. The number of methoxy groups -OCH3 is 2. The van der Waals surface area contributed by atoms with Gasteiger partial charge in [-0.05, 0) is 18.2 Å². The lowest BCUT2D eigenvalue weighted by Crippen LogP contribution is -2.35. The molecule has 120 valence electrons. The van der Waals surface area contributed by atoms with Gasteiger partial charge < -0.3 is 9.47 Å². The Morgan fingerprint density at radius 1 is 1.09 bits per heavy atom. The molecule has 0 aliphatic carbocycles. The average molecular weight is 339 g/mol. The van der Waals surface area contributed by atoms with Gasteiger partial charge in [-0.15, -0.1) is 0 Å². The summed E-state index contributed by atoms with van der Waals surface area (Å²) in [6, 6.07) is 2.35. The highest BCUT2D eigenvalue weighted by molar-refractivity contribution is 6.31. The molecule has 0 spiro atoms. The summed E-state index contributed by atoms with van der Waals surface area (Å²) in [5, 5.41) is -0.253. The predicted molar refractivity (Wildman–Crippen MR) is 68.3 cm³/mol. The van der Waals surface area contributed by atoms with Crippen LogP contribution in [-0.2, 0) is 25.2 Å². The van der Waals surface area contributed by atoms with Gasteiger partial charge in [0.1, 0.15) is 0 Å². The van der Waals surface area contributed by atoms with Crippen molar-refractivity contribution >= 4 is 29.3 Å². The van der Waals surface area contributed by atoms with Crippen molar-refractivity contribution in [1.82, 2.24) is 0 Å². The van der Waals surface area contributed by atoms with Crippen molar-refractivity contribution < 1.29 is 37.0 Å². The van der Waals surface area contributed by atoms with Crippen LogP contribution < -0.4 is 0 Å². The fraction of sp³-hybridized carbons (Fsp3) is 0.308. The zero-order valence-corrected chi connectivity index (χ0v) is 12.1. The fourth-order valence-corrected chi connectivity index (χ4v) is 1.84. The highest BCUT2D eigenvalue weighted by Crippen LogP contribution is 2.35. The highest BCUT2D eigenvalue weighted by atomic mass is 35.5. The van der Waals surface area contributed by atoms with Crippen LogP contribution in [0, 0.1) is 5.92 Å². The molecule has 0 saturated heterocycles. The third-order valence-electron chi connectivity index (χ3n) is 2.69. The maximum atomic E-state index is 13.0. The van der Waals surface area contributed by atoms with Gasteiger partial charge in [0.05, 0.1) is 19.8 Å². The van der Waals surface area contributed by atoms with Crippen LogP contribution in [0.3, 0.4) is 0 Å². The van der Waals surface area contributed by atoms with Crippen molar-refractivity contribution in [1.29, 1.82) is 0 Å². The van der Waals surface area contributed by atoms with Gasteiger partial charge >= 0.3 is 18.1 Å². The lowest BCUT2D eigenvalue weighted by atomic mass is 9.93. The molecule has 1 aromatic rings. The Morgan fingerprint density at radius 3 is 2.00 bits per heavy atom. The van der Waals surface area contributed by atoms with Gasteiger partial charge in [0.25, 0.3) is 0 Å². The predicted octanol–water partition coefficient (Wildman–Crippen LogP) is 2.50. The molecule has 0 heterocycles. The number of ketones is 1. The lowest BCUT2D eigenvalue weighted by Gasteiger charge is -2.16. The van der Waals surface area contributed by atoms with Gasteiger partial charge in [-0.2, -0.15) is 13.2 Å². The number of Topliss-reactive ketones (excluding diaryl/α,β-unsaturated/α-hetero) is 1. The minimum atomic E-state index is -4.90. The molecule has 0 fully saturated rings. The molecular formula is C13H10ClF3O5. The maximum Gasteiger partial charge on any atom is 0.417 e. The second-order valence-electron chi connectivity index (χ2n) is 4.03. The molecule has 0 atom stereocenters. The average Bonchev–Trinajstić information content (AvgIpc) is 2.45. The number of rotatable bonds is 4. The van der Waals surface area contributed by atoms with E-state index in [-0.39, 0.29) is 5.02 Å². The summed E-state index contributed by atoms with van der Waals surface area (Å²) in [5.41, 5.74) is -2.24. The first-order valence-electron chi connectivity index (χ1n) is 5.70. The smallest absolute Gasteiger partial charge is 0.417 e. The summed E-state index contributed by atoms with van der Waals surface area (Å²) < 4.78 is 47.4. The van der Waals surface area contributed by atoms with E-state index in [4.69, 9.17) is 11.6 Å². The van der Waals surface area contributed by atoms with Gasteiger partial charge in [-0.3, -0.25) is 14.4 Å². The second-order valence-corrected chi connectivity index (χ2v) is 4.47. The molecule has 5 nitrogen and oxygen atoms in total. The normalized spacial score (nSPS) is 11.2. The van der Waals surface area contributed by atoms with E-state index in [1.807, 2.05) is 0 Å². The van der Waals surface area contributed by atoms with Gasteiger partial charge in [0.15, 0.2) is 5.78 Å². The third-order valence-corrected chi connectivity index (χ3v) is 2.92. The molecular weight excluding hydrogens is 329 g/mol. The third kappa shape index (κ3) is 3.76. The molecule has 0 aromatic heterocycles. The van der Waals surface area contributed by atoms with Gasteiger partial charge in [0.2, 0.25) is 5.92 Å². The number of alkyl halides is 3. The Kier molecular flexibility index (Phi) is 5.54. The first-order chi connectivity index (χ1) is 10.1. The molecule has 9 heteroatoms. The Balaban J connectivity index is 3.43. The first-order valence-corrected chi connectivity index (χ1v) is 6.08. The van der Waals surface area contributed by atoms with E-state index in [0.717, 1.165) is 26.4 Å². The zero-order chi connectivity index (χ0) is 17.1. The Morgan fingerprint density at radius 2 is 1.59 bits per heavy atom. The van der Waals surface area contributed by atoms with Crippen molar-refractivity contribution in [3.63, 3.8) is 0 Å². The van der Waals surface area contributed by atoms with Crippen LogP contribution in [0.2, 0.25) is 5.02 Å². The quantitative estimate of drug-likeness (QED) is 0.479. The van der Waals surface area contributed by atoms with Crippen molar-refractivity contribution in [2.24, 2.45) is 5.92 Å². The number of benzene rings is 1. The minimum Gasteiger partial charge on any atom is -0.468 e. The summed E-state index contributed by atoms with van der Waals surface area (Å²) in [5.74, 6) is -6.17. The largest absolute Gasteiger partial charge is 0.468 e. The van der Waals surface area contributed by atoms with Crippen LogP contribution in [0.5, 0.6) is 0 Å². The van der Waals surface area contributed by atoms with Crippen molar-refractivity contribution in [3.8, 4) is 0 Å². The maximum absolute atomic E-state index is 13.0. The number of halogens is 4. The molecule has 0 bridgehead atoms.